The number of aromatic amines is 1. The minimum absolute atomic E-state index is 0.159. The molecule has 176 valence electrons. The van der Waals surface area contributed by atoms with Crippen molar-refractivity contribution in [3.05, 3.63) is 104 Å². The van der Waals surface area contributed by atoms with Crippen LogP contribution in [0.15, 0.2) is 76.4 Å². The summed E-state index contributed by atoms with van der Waals surface area (Å²) >= 11 is 0. The number of benzene rings is 2. The van der Waals surface area contributed by atoms with Gasteiger partial charge >= 0.3 is 17.6 Å². The Morgan fingerprint density at radius 1 is 1.00 bits per heavy atom. The quantitative estimate of drug-likeness (QED) is 0.551. The average Bonchev–Trinajstić information content (AvgIpc) is 3.15. The number of hydrogen-bond donors (Lipinski definition) is 1. The van der Waals surface area contributed by atoms with E-state index in [0.717, 1.165) is 10.8 Å². The Labute approximate surface area is 192 Å². The fourth-order valence-electron chi connectivity index (χ4n) is 3.55. The predicted octanol–water partition coefficient (Wildman–Crippen LogP) is 2.16. The molecule has 1 aliphatic heterocycles. The van der Waals surface area contributed by atoms with E-state index in [1.54, 1.807) is 48.5 Å². The normalized spacial score (nSPS) is 21.7. The van der Waals surface area contributed by atoms with E-state index in [1.807, 2.05) is 0 Å². The summed E-state index contributed by atoms with van der Waals surface area (Å²) in [7, 11) is 0. The lowest BCUT2D eigenvalue weighted by Gasteiger charge is -2.19. The second-order valence-electron chi connectivity index (χ2n) is 7.69. The number of nitrogens with one attached hydrogen (secondary N) is 1. The molecule has 4 atom stereocenters. The van der Waals surface area contributed by atoms with E-state index in [0.29, 0.717) is 0 Å². The topological polar surface area (TPSA) is 117 Å². The number of carbonyl (C=O) groups excluding carboxylic acids is 2. The van der Waals surface area contributed by atoms with Gasteiger partial charge in [-0.25, -0.2) is 18.8 Å². The second kappa shape index (κ2) is 9.84. The van der Waals surface area contributed by atoms with Gasteiger partial charge in [0.05, 0.1) is 11.1 Å². The van der Waals surface area contributed by atoms with Crippen molar-refractivity contribution in [1.82, 2.24) is 9.55 Å². The molecule has 0 unspecified atom stereocenters. The van der Waals surface area contributed by atoms with Crippen molar-refractivity contribution in [2.45, 2.75) is 31.5 Å². The van der Waals surface area contributed by atoms with Gasteiger partial charge in [-0.2, -0.15) is 0 Å². The minimum Gasteiger partial charge on any atom is -0.459 e. The SMILES string of the molecule is Cc1cn([C@H]2O[C@H](COC(=O)c3ccccc3)[C@@H](OC(=O)c3ccccc3)[C@@H]2F)c(=O)[nH]c1=O. The number of H-pyrrole nitrogens is 1. The third-order valence-corrected chi connectivity index (χ3v) is 5.33. The van der Waals surface area contributed by atoms with E-state index < -0.39 is 54.4 Å². The Morgan fingerprint density at radius 3 is 2.21 bits per heavy atom. The van der Waals surface area contributed by atoms with Crippen LogP contribution in [0.25, 0.3) is 0 Å². The van der Waals surface area contributed by atoms with E-state index in [2.05, 4.69) is 4.98 Å². The minimum atomic E-state index is -1.99. The molecule has 4 rings (SSSR count). The van der Waals surface area contributed by atoms with Gasteiger partial charge in [0, 0.05) is 11.8 Å². The van der Waals surface area contributed by atoms with Crippen molar-refractivity contribution in [1.29, 1.82) is 0 Å². The molecule has 1 N–H and O–H groups in total. The van der Waals surface area contributed by atoms with Crippen molar-refractivity contribution in [3.8, 4) is 0 Å². The molecule has 0 aliphatic carbocycles. The highest BCUT2D eigenvalue weighted by atomic mass is 19.1. The number of carbonyl (C=O) groups is 2. The third kappa shape index (κ3) is 4.81. The summed E-state index contributed by atoms with van der Waals surface area (Å²) in [6, 6.07) is 16.1. The van der Waals surface area contributed by atoms with Crippen molar-refractivity contribution in [2.75, 3.05) is 6.61 Å². The first-order valence-electron chi connectivity index (χ1n) is 10.4. The highest BCUT2D eigenvalue weighted by molar-refractivity contribution is 5.90. The van der Waals surface area contributed by atoms with Gasteiger partial charge in [0.1, 0.15) is 12.7 Å². The van der Waals surface area contributed by atoms with Crippen molar-refractivity contribution < 1.29 is 28.2 Å². The first-order chi connectivity index (χ1) is 16.3. The maximum atomic E-state index is 15.5. The highest BCUT2D eigenvalue weighted by Gasteiger charge is 2.49. The van der Waals surface area contributed by atoms with Crippen LogP contribution in [0.1, 0.15) is 32.5 Å². The zero-order valence-corrected chi connectivity index (χ0v) is 18.1. The fourth-order valence-corrected chi connectivity index (χ4v) is 3.55. The molecule has 10 heteroatoms. The lowest BCUT2D eigenvalue weighted by molar-refractivity contribution is -0.0592. The zero-order chi connectivity index (χ0) is 24.2. The largest absolute Gasteiger partial charge is 0.459 e. The maximum Gasteiger partial charge on any atom is 0.338 e. The lowest BCUT2D eigenvalue weighted by atomic mass is 10.1. The van der Waals surface area contributed by atoms with E-state index in [9.17, 15) is 19.2 Å². The van der Waals surface area contributed by atoms with Crippen LogP contribution >= 0.6 is 0 Å². The number of aromatic nitrogens is 2. The number of aryl methyl sites for hydroxylation is 1. The Kier molecular flexibility index (Phi) is 6.69. The number of nitrogens with zero attached hydrogens (tertiary/aromatic N) is 1. The van der Waals surface area contributed by atoms with Crippen LogP contribution in [0.2, 0.25) is 0 Å². The predicted molar refractivity (Wildman–Crippen MR) is 117 cm³/mol. The number of halogens is 1. The first kappa shape index (κ1) is 23.1. The van der Waals surface area contributed by atoms with Crippen molar-refractivity contribution in [3.63, 3.8) is 0 Å². The van der Waals surface area contributed by atoms with E-state index >= 15 is 4.39 Å². The van der Waals surface area contributed by atoms with Gasteiger partial charge in [-0.3, -0.25) is 14.3 Å². The zero-order valence-electron chi connectivity index (χ0n) is 18.1. The van der Waals surface area contributed by atoms with Gasteiger partial charge in [-0.1, -0.05) is 36.4 Å². The Morgan fingerprint density at radius 2 is 1.59 bits per heavy atom. The van der Waals surface area contributed by atoms with Gasteiger partial charge < -0.3 is 14.2 Å². The molecule has 9 nitrogen and oxygen atoms in total. The highest BCUT2D eigenvalue weighted by Crippen LogP contribution is 2.34. The van der Waals surface area contributed by atoms with Gasteiger partial charge in [-0.15, -0.1) is 0 Å². The monoisotopic (exact) mass is 468 g/mol. The molecular formula is C24H21FN2O7. The maximum absolute atomic E-state index is 15.5. The number of rotatable bonds is 6. The fraction of sp³-hybridized carbons (Fsp3) is 0.250. The van der Waals surface area contributed by atoms with Crippen LogP contribution in [0.4, 0.5) is 4.39 Å². The summed E-state index contributed by atoms with van der Waals surface area (Å²) in [6.45, 7) is 1.01. The second-order valence-corrected chi connectivity index (χ2v) is 7.69. The van der Waals surface area contributed by atoms with Crippen LogP contribution < -0.4 is 11.2 Å². The Bertz CT molecular complexity index is 1290. The van der Waals surface area contributed by atoms with Gasteiger partial charge in [-0.05, 0) is 31.2 Å². The summed E-state index contributed by atoms with van der Waals surface area (Å²) in [6.07, 6.45) is -5.04. The molecular weight excluding hydrogens is 447 g/mol. The number of ether oxygens (including phenoxy) is 3. The van der Waals surface area contributed by atoms with Gasteiger partial charge in [0.25, 0.3) is 5.56 Å². The van der Waals surface area contributed by atoms with Crippen LogP contribution in [0.5, 0.6) is 0 Å². The molecule has 3 aromatic rings. The van der Waals surface area contributed by atoms with Gasteiger partial charge in [0.15, 0.2) is 18.5 Å². The molecule has 1 fully saturated rings. The summed E-state index contributed by atoms with van der Waals surface area (Å²) in [5.41, 5.74) is -0.880. The van der Waals surface area contributed by atoms with E-state index in [-0.39, 0.29) is 16.7 Å². The summed E-state index contributed by atoms with van der Waals surface area (Å²) in [5.74, 6) is -1.48. The molecule has 0 amide bonds. The van der Waals surface area contributed by atoms with Crippen molar-refractivity contribution in [2.24, 2.45) is 0 Å². The van der Waals surface area contributed by atoms with E-state index in [1.165, 1.54) is 19.1 Å². The van der Waals surface area contributed by atoms with E-state index in [4.69, 9.17) is 14.2 Å². The number of esters is 2. The first-order valence-corrected chi connectivity index (χ1v) is 10.4. The summed E-state index contributed by atoms with van der Waals surface area (Å²) in [5, 5.41) is 0. The Balaban J connectivity index is 1.59. The Hall–Kier alpha value is -4.05. The van der Waals surface area contributed by atoms with Crippen LogP contribution in [0.3, 0.4) is 0 Å². The molecule has 0 spiro atoms. The summed E-state index contributed by atoms with van der Waals surface area (Å²) in [4.78, 5) is 51.0. The van der Waals surface area contributed by atoms with Crippen molar-refractivity contribution >= 4 is 11.9 Å². The van der Waals surface area contributed by atoms with Gasteiger partial charge in [0.2, 0.25) is 0 Å². The lowest BCUT2D eigenvalue weighted by Crippen LogP contribution is -2.38. The number of alkyl halides is 1. The molecule has 2 heterocycles. The molecule has 34 heavy (non-hydrogen) atoms. The van der Waals surface area contributed by atoms with Crippen LogP contribution in [0, 0.1) is 6.92 Å². The molecule has 1 aliphatic rings. The molecule has 2 aromatic carbocycles. The molecule has 0 bridgehead atoms. The van der Waals surface area contributed by atoms with Crippen LogP contribution in [-0.2, 0) is 14.2 Å². The standard InChI is InChI=1S/C24H21FN2O7/c1-14-12-27(24(31)26-20(14)28)21-18(25)19(34-23(30)16-10-6-3-7-11-16)17(33-21)13-32-22(29)15-8-4-2-5-9-15/h2-12,17-19,21H,13H2,1H3,(H,26,28,31)/t17-,18+,19-,21+/m1/s1. The molecule has 1 aromatic heterocycles. The summed E-state index contributed by atoms with van der Waals surface area (Å²) < 4.78 is 32.7. The molecule has 1 saturated heterocycles. The smallest absolute Gasteiger partial charge is 0.338 e. The third-order valence-electron chi connectivity index (χ3n) is 5.33. The van der Waals surface area contributed by atoms with Crippen LogP contribution in [-0.4, -0.2) is 46.5 Å². The molecule has 0 radical (unpaired) electrons. The number of hydrogen-bond acceptors (Lipinski definition) is 7. The molecule has 0 saturated carbocycles. The average molecular weight is 468 g/mol.